The molecule has 0 atom stereocenters. The molecular formula is C22H23FN2. The van der Waals surface area contributed by atoms with Gasteiger partial charge in [-0.1, -0.05) is 68.3 Å². The van der Waals surface area contributed by atoms with Crippen LogP contribution in [0.25, 0.3) is 22.5 Å². The van der Waals surface area contributed by atoms with Gasteiger partial charge >= 0.3 is 0 Å². The summed E-state index contributed by atoms with van der Waals surface area (Å²) in [6, 6.07) is 19.8. The van der Waals surface area contributed by atoms with E-state index in [1.165, 1.54) is 24.8 Å². The van der Waals surface area contributed by atoms with Crippen LogP contribution in [0.1, 0.15) is 37.3 Å². The Morgan fingerprint density at radius 2 is 1.20 bits per heavy atom. The molecule has 1 heterocycles. The first kappa shape index (κ1) is 17.3. The minimum Gasteiger partial charge on any atom is -0.246 e. The summed E-state index contributed by atoms with van der Waals surface area (Å²) in [6.07, 6.45) is 4.90. The van der Waals surface area contributed by atoms with Crippen LogP contribution in [0, 0.1) is 0 Å². The van der Waals surface area contributed by atoms with Crippen LogP contribution in [0.2, 0.25) is 0 Å². The van der Waals surface area contributed by atoms with Crippen molar-refractivity contribution in [3.05, 3.63) is 71.8 Å². The van der Waals surface area contributed by atoms with Crippen molar-refractivity contribution in [2.75, 3.05) is 0 Å². The van der Waals surface area contributed by atoms with Crippen molar-refractivity contribution in [2.45, 2.75) is 39.3 Å². The van der Waals surface area contributed by atoms with Crippen molar-refractivity contribution in [2.24, 2.45) is 0 Å². The molecule has 0 amide bonds. The minimum absolute atomic E-state index is 0.445. The van der Waals surface area contributed by atoms with Gasteiger partial charge in [0.2, 0.25) is 0 Å². The van der Waals surface area contributed by atoms with Crippen LogP contribution in [-0.4, -0.2) is 10.2 Å². The molecule has 0 saturated heterocycles. The quantitative estimate of drug-likeness (QED) is 0.494. The SMILES string of the molecule is CCCCCc1ccc(-c2ccc(-c3ccc(CF)cc3)nn2)cc1. The number of hydrogen-bond donors (Lipinski definition) is 0. The Kier molecular flexibility index (Phi) is 5.89. The lowest BCUT2D eigenvalue weighted by atomic mass is 10.0. The summed E-state index contributed by atoms with van der Waals surface area (Å²) in [6.45, 7) is 1.78. The van der Waals surface area contributed by atoms with Crippen LogP contribution in [0.15, 0.2) is 60.7 Å². The molecule has 128 valence electrons. The third-order valence-corrected chi connectivity index (χ3v) is 4.39. The summed E-state index contributed by atoms with van der Waals surface area (Å²) in [4.78, 5) is 0. The Labute approximate surface area is 148 Å². The molecule has 0 unspecified atom stereocenters. The zero-order valence-electron chi connectivity index (χ0n) is 14.6. The van der Waals surface area contributed by atoms with Crippen molar-refractivity contribution >= 4 is 0 Å². The molecule has 0 aliphatic carbocycles. The van der Waals surface area contributed by atoms with E-state index < -0.39 is 6.67 Å². The summed E-state index contributed by atoms with van der Waals surface area (Å²) in [5, 5.41) is 8.67. The van der Waals surface area contributed by atoms with Gasteiger partial charge in [0.05, 0.1) is 11.4 Å². The van der Waals surface area contributed by atoms with E-state index >= 15 is 0 Å². The van der Waals surface area contributed by atoms with Crippen LogP contribution >= 0.6 is 0 Å². The lowest BCUT2D eigenvalue weighted by Crippen LogP contribution is -1.92. The van der Waals surface area contributed by atoms with Gasteiger partial charge in [0.1, 0.15) is 6.67 Å². The number of aromatic nitrogens is 2. The summed E-state index contributed by atoms with van der Waals surface area (Å²) < 4.78 is 12.6. The van der Waals surface area contributed by atoms with E-state index in [0.29, 0.717) is 5.56 Å². The maximum atomic E-state index is 12.6. The molecule has 0 aliphatic rings. The third kappa shape index (κ3) is 4.50. The molecule has 2 aromatic carbocycles. The summed E-state index contributed by atoms with van der Waals surface area (Å²) >= 11 is 0. The number of alkyl halides is 1. The number of nitrogens with zero attached hydrogens (tertiary/aromatic N) is 2. The Balaban J connectivity index is 1.71. The van der Waals surface area contributed by atoms with Gasteiger partial charge in [-0.3, -0.25) is 0 Å². The van der Waals surface area contributed by atoms with E-state index in [-0.39, 0.29) is 0 Å². The van der Waals surface area contributed by atoms with Crippen molar-refractivity contribution in [1.82, 2.24) is 10.2 Å². The predicted molar refractivity (Wildman–Crippen MR) is 101 cm³/mol. The number of unbranched alkanes of at least 4 members (excludes halogenated alkanes) is 2. The van der Waals surface area contributed by atoms with Crippen molar-refractivity contribution < 1.29 is 4.39 Å². The highest BCUT2D eigenvalue weighted by molar-refractivity contribution is 5.63. The van der Waals surface area contributed by atoms with Gasteiger partial charge in [-0.2, -0.15) is 0 Å². The van der Waals surface area contributed by atoms with Gasteiger partial charge < -0.3 is 0 Å². The maximum absolute atomic E-state index is 12.6. The van der Waals surface area contributed by atoms with E-state index in [1.807, 2.05) is 24.3 Å². The topological polar surface area (TPSA) is 25.8 Å². The fraction of sp³-hybridized carbons (Fsp3) is 0.273. The molecule has 3 aromatic rings. The summed E-state index contributed by atoms with van der Waals surface area (Å²) in [5.74, 6) is 0. The third-order valence-electron chi connectivity index (χ3n) is 4.39. The van der Waals surface area contributed by atoms with Gasteiger partial charge in [0, 0.05) is 11.1 Å². The van der Waals surface area contributed by atoms with Crippen LogP contribution in [0.3, 0.4) is 0 Å². The maximum Gasteiger partial charge on any atom is 0.115 e. The molecule has 0 radical (unpaired) electrons. The largest absolute Gasteiger partial charge is 0.246 e. The predicted octanol–water partition coefficient (Wildman–Crippen LogP) is 6.01. The molecule has 25 heavy (non-hydrogen) atoms. The molecule has 2 nitrogen and oxygen atoms in total. The molecule has 0 aliphatic heterocycles. The molecule has 1 aromatic heterocycles. The van der Waals surface area contributed by atoms with Crippen LogP contribution in [0.4, 0.5) is 4.39 Å². The van der Waals surface area contributed by atoms with Gasteiger partial charge in [-0.05, 0) is 36.1 Å². The van der Waals surface area contributed by atoms with Gasteiger partial charge in [-0.25, -0.2) is 4.39 Å². The standard InChI is InChI=1S/C22H23FN2/c1-2-3-4-5-17-6-10-19(11-7-17)21-14-15-22(25-24-21)20-12-8-18(16-23)9-13-20/h6-15H,2-5,16H2,1H3. The molecule has 0 saturated carbocycles. The minimum atomic E-state index is -0.445. The first-order valence-corrected chi connectivity index (χ1v) is 8.88. The zero-order chi connectivity index (χ0) is 17.5. The van der Waals surface area contributed by atoms with E-state index in [2.05, 4.69) is 41.4 Å². The van der Waals surface area contributed by atoms with E-state index in [9.17, 15) is 4.39 Å². The normalized spacial score (nSPS) is 10.8. The Hall–Kier alpha value is -2.55. The molecule has 3 heteroatoms. The smallest absolute Gasteiger partial charge is 0.115 e. The fourth-order valence-corrected chi connectivity index (χ4v) is 2.83. The second kappa shape index (κ2) is 8.52. The number of rotatable bonds is 7. The number of benzene rings is 2. The second-order valence-electron chi connectivity index (χ2n) is 6.29. The monoisotopic (exact) mass is 334 g/mol. The van der Waals surface area contributed by atoms with E-state index in [1.54, 1.807) is 12.1 Å². The highest BCUT2D eigenvalue weighted by Gasteiger charge is 2.04. The Morgan fingerprint density at radius 3 is 1.64 bits per heavy atom. The van der Waals surface area contributed by atoms with Gasteiger partial charge in [0.15, 0.2) is 0 Å². The fourth-order valence-electron chi connectivity index (χ4n) is 2.83. The average Bonchev–Trinajstić information content (AvgIpc) is 2.69. The second-order valence-corrected chi connectivity index (χ2v) is 6.29. The van der Waals surface area contributed by atoms with E-state index in [4.69, 9.17) is 0 Å². The highest BCUT2D eigenvalue weighted by atomic mass is 19.1. The first-order valence-electron chi connectivity index (χ1n) is 8.88. The first-order chi connectivity index (χ1) is 12.3. The van der Waals surface area contributed by atoms with Crippen molar-refractivity contribution in [3.8, 4) is 22.5 Å². The van der Waals surface area contributed by atoms with Crippen molar-refractivity contribution in [1.29, 1.82) is 0 Å². The Bertz CT molecular complexity index is 778. The van der Waals surface area contributed by atoms with Crippen LogP contribution in [-0.2, 0) is 13.1 Å². The average molecular weight is 334 g/mol. The zero-order valence-corrected chi connectivity index (χ0v) is 14.6. The lowest BCUT2D eigenvalue weighted by molar-refractivity contribution is 0.485. The van der Waals surface area contributed by atoms with Gasteiger partial charge in [-0.15, -0.1) is 10.2 Å². The molecule has 0 bridgehead atoms. The molecular weight excluding hydrogens is 311 g/mol. The Morgan fingerprint density at radius 1 is 0.680 bits per heavy atom. The van der Waals surface area contributed by atoms with Crippen LogP contribution in [0.5, 0.6) is 0 Å². The molecule has 0 fully saturated rings. The van der Waals surface area contributed by atoms with Crippen molar-refractivity contribution in [3.63, 3.8) is 0 Å². The highest BCUT2D eigenvalue weighted by Crippen LogP contribution is 2.22. The summed E-state index contributed by atoms with van der Waals surface area (Å²) in [5.41, 5.74) is 5.73. The van der Waals surface area contributed by atoms with E-state index in [0.717, 1.165) is 28.9 Å². The number of hydrogen-bond acceptors (Lipinski definition) is 2. The molecule has 3 rings (SSSR count). The number of aryl methyl sites for hydroxylation is 1. The number of halogens is 1. The molecule has 0 N–H and O–H groups in total. The lowest BCUT2D eigenvalue weighted by Gasteiger charge is -2.05. The molecule has 0 spiro atoms. The van der Waals surface area contributed by atoms with Crippen LogP contribution < -0.4 is 0 Å². The van der Waals surface area contributed by atoms with Gasteiger partial charge in [0.25, 0.3) is 0 Å². The summed E-state index contributed by atoms with van der Waals surface area (Å²) in [7, 11) is 0.